The first-order chi connectivity index (χ1) is 14.8. The number of nitrogens with one attached hydrogen (secondary N) is 1. The summed E-state index contributed by atoms with van der Waals surface area (Å²) < 4.78 is 42.2. The number of aryl methyl sites for hydroxylation is 1. The number of rotatable bonds is 6. The molecule has 1 saturated heterocycles. The number of nitrogens with zero attached hydrogens (tertiary/aromatic N) is 3. The molecule has 1 atom stereocenters. The van der Waals surface area contributed by atoms with Crippen LogP contribution in [-0.4, -0.2) is 41.0 Å². The number of benzene rings is 2. The van der Waals surface area contributed by atoms with Gasteiger partial charge in [0.05, 0.1) is 17.1 Å². The fourth-order valence-corrected chi connectivity index (χ4v) is 5.42. The molecule has 7 nitrogen and oxygen atoms in total. The van der Waals surface area contributed by atoms with Crippen LogP contribution < -0.4 is 5.32 Å². The van der Waals surface area contributed by atoms with E-state index in [0.29, 0.717) is 25.2 Å². The zero-order valence-corrected chi connectivity index (χ0v) is 17.8. The van der Waals surface area contributed by atoms with E-state index in [-0.39, 0.29) is 11.4 Å². The Balaban J connectivity index is 1.54. The van der Waals surface area contributed by atoms with Crippen molar-refractivity contribution in [2.24, 2.45) is 0 Å². The predicted octanol–water partition coefficient (Wildman–Crippen LogP) is 3.17. The molecule has 0 saturated carbocycles. The molecule has 9 heteroatoms. The molecule has 3 aromatic rings. The molecule has 2 aromatic carbocycles. The van der Waals surface area contributed by atoms with Gasteiger partial charge in [0.25, 0.3) is 0 Å². The summed E-state index contributed by atoms with van der Waals surface area (Å²) in [4.78, 5) is 13.0. The summed E-state index contributed by atoms with van der Waals surface area (Å²) in [6, 6.07) is 15.3. The van der Waals surface area contributed by atoms with Gasteiger partial charge in [-0.2, -0.15) is 9.40 Å². The average Bonchev–Trinajstić information content (AvgIpc) is 3.37. The van der Waals surface area contributed by atoms with E-state index < -0.39 is 27.8 Å². The molecular formula is C22H23FN4O3S. The maximum Gasteiger partial charge on any atom is 0.243 e. The molecule has 1 amide bonds. The van der Waals surface area contributed by atoms with Crippen LogP contribution in [0.25, 0.3) is 0 Å². The van der Waals surface area contributed by atoms with Crippen LogP contribution in [-0.2, 0) is 21.4 Å². The Hall–Kier alpha value is -3.04. The van der Waals surface area contributed by atoms with E-state index in [1.165, 1.54) is 16.4 Å². The Morgan fingerprint density at radius 3 is 2.58 bits per heavy atom. The molecule has 31 heavy (non-hydrogen) atoms. The van der Waals surface area contributed by atoms with Gasteiger partial charge in [0, 0.05) is 12.6 Å². The second-order valence-electron chi connectivity index (χ2n) is 7.53. The first-order valence-corrected chi connectivity index (χ1v) is 11.5. The van der Waals surface area contributed by atoms with Gasteiger partial charge in [-0.15, -0.1) is 0 Å². The summed E-state index contributed by atoms with van der Waals surface area (Å²) in [6.45, 7) is 2.55. The third-order valence-electron chi connectivity index (χ3n) is 5.26. The van der Waals surface area contributed by atoms with Crippen LogP contribution in [0.2, 0.25) is 0 Å². The number of aromatic nitrogens is 2. The SMILES string of the molecule is Cc1cc(NC(=O)C2CCCN2S(=O)(=O)c2ccc(F)cc2)n(Cc2ccccc2)n1. The lowest BCUT2D eigenvalue weighted by Gasteiger charge is -2.23. The Labute approximate surface area is 180 Å². The number of amides is 1. The Morgan fingerprint density at radius 2 is 1.87 bits per heavy atom. The van der Waals surface area contributed by atoms with Crippen LogP contribution >= 0.6 is 0 Å². The second-order valence-corrected chi connectivity index (χ2v) is 9.42. The van der Waals surface area contributed by atoms with E-state index >= 15 is 0 Å². The second kappa shape index (κ2) is 8.60. The minimum Gasteiger partial charge on any atom is -0.309 e. The van der Waals surface area contributed by atoms with Gasteiger partial charge in [0.2, 0.25) is 15.9 Å². The third kappa shape index (κ3) is 4.52. The number of anilines is 1. The molecule has 0 bridgehead atoms. The topological polar surface area (TPSA) is 84.3 Å². The molecule has 0 aliphatic carbocycles. The molecular weight excluding hydrogens is 419 g/mol. The van der Waals surface area contributed by atoms with Crippen LogP contribution in [0.5, 0.6) is 0 Å². The van der Waals surface area contributed by atoms with E-state index in [0.717, 1.165) is 23.4 Å². The molecule has 162 valence electrons. The van der Waals surface area contributed by atoms with Gasteiger partial charge < -0.3 is 5.32 Å². The number of halogens is 1. The Morgan fingerprint density at radius 1 is 1.16 bits per heavy atom. The van der Waals surface area contributed by atoms with Gasteiger partial charge in [0.15, 0.2) is 0 Å². The summed E-state index contributed by atoms with van der Waals surface area (Å²) in [5, 5.41) is 7.30. The van der Waals surface area contributed by atoms with Crippen LogP contribution in [0.1, 0.15) is 24.1 Å². The van der Waals surface area contributed by atoms with Gasteiger partial charge in [-0.25, -0.2) is 17.5 Å². The molecule has 0 spiro atoms. The van der Waals surface area contributed by atoms with Crippen molar-refractivity contribution >= 4 is 21.7 Å². The molecule has 0 radical (unpaired) electrons. The number of sulfonamides is 1. The van der Waals surface area contributed by atoms with Crippen LogP contribution in [0.3, 0.4) is 0 Å². The fraction of sp³-hybridized carbons (Fsp3) is 0.273. The highest BCUT2D eigenvalue weighted by atomic mass is 32.2. The minimum absolute atomic E-state index is 0.0291. The lowest BCUT2D eigenvalue weighted by Crippen LogP contribution is -2.43. The number of hydrogen-bond donors (Lipinski definition) is 1. The van der Waals surface area contributed by atoms with Gasteiger partial charge in [-0.05, 0) is 49.6 Å². The number of hydrogen-bond acceptors (Lipinski definition) is 4. The van der Waals surface area contributed by atoms with Gasteiger partial charge >= 0.3 is 0 Å². The van der Waals surface area contributed by atoms with E-state index in [9.17, 15) is 17.6 Å². The zero-order valence-electron chi connectivity index (χ0n) is 17.0. The van der Waals surface area contributed by atoms with Crippen LogP contribution in [0.15, 0.2) is 65.6 Å². The highest BCUT2D eigenvalue weighted by Gasteiger charge is 2.39. The van der Waals surface area contributed by atoms with E-state index in [4.69, 9.17) is 0 Å². The summed E-state index contributed by atoms with van der Waals surface area (Å²) >= 11 is 0. The highest BCUT2D eigenvalue weighted by molar-refractivity contribution is 7.89. The summed E-state index contributed by atoms with van der Waals surface area (Å²) in [5.41, 5.74) is 1.77. The summed E-state index contributed by atoms with van der Waals surface area (Å²) in [5.74, 6) is -0.411. The normalized spacial score (nSPS) is 17.0. The van der Waals surface area contributed by atoms with E-state index in [1.54, 1.807) is 10.7 Å². The summed E-state index contributed by atoms with van der Waals surface area (Å²) in [6.07, 6.45) is 0.985. The van der Waals surface area contributed by atoms with Crippen molar-refractivity contribution in [2.45, 2.75) is 37.2 Å². The molecule has 1 fully saturated rings. The lowest BCUT2D eigenvalue weighted by molar-refractivity contribution is -0.119. The van der Waals surface area contributed by atoms with Crippen molar-refractivity contribution in [1.82, 2.24) is 14.1 Å². The molecule has 1 unspecified atom stereocenters. The first kappa shape index (κ1) is 21.2. The molecule has 1 aromatic heterocycles. The van der Waals surface area contributed by atoms with Gasteiger partial charge in [-0.1, -0.05) is 30.3 Å². The third-order valence-corrected chi connectivity index (χ3v) is 7.18. The van der Waals surface area contributed by atoms with Crippen molar-refractivity contribution < 1.29 is 17.6 Å². The highest BCUT2D eigenvalue weighted by Crippen LogP contribution is 2.27. The largest absolute Gasteiger partial charge is 0.309 e. The fourth-order valence-electron chi connectivity index (χ4n) is 3.76. The lowest BCUT2D eigenvalue weighted by atomic mass is 10.2. The van der Waals surface area contributed by atoms with Gasteiger partial charge in [0.1, 0.15) is 17.7 Å². The molecule has 1 aliphatic rings. The molecule has 1 N–H and O–H groups in total. The van der Waals surface area contributed by atoms with Crippen molar-refractivity contribution in [3.63, 3.8) is 0 Å². The molecule has 4 rings (SSSR count). The Bertz CT molecular complexity index is 1180. The maximum absolute atomic E-state index is 13.2. The Kier molecular flexibility index (Phi) is 5.88. The van der Waals surface area contributed by atoms with Crippen molar-refractivity contribution in [2.75, 3.05) is 11.9 Å². The minimum atomic E-state index is -3.91. The maximum atomic E-state index is 13.2. The van der Waals surface area contributed by atoms with Crippen molar-refractivity contribution in [3.8, 4) is 0 Å². The van der Waals surface area contributed by atoms with Gasteiger partial charge in [-0.3, -0.25) is 4.79 Å². The number of carbonyl (C=O) groups excluding carboxylic acids is 1. The van der Waals surface area contributed by atoms with E-state index in [2.05, 4.69) is 10.4 Å². The quantitative estimate of drug-likeness (QED) is 0.636. The average molecular weight is 443 g/mol. The van der Waals surface area contributed by atoms with Crippen LogP contribution in [0, 0.1) is 12.7 Å². The zero-order chi connectivity index (χ0) is 22.0. The number of carbonyl (C=O) groups is 1. The molecule has 2 heterocycles. The van der Waals surface area contributed by atoms with Crippen LogP contribution in [0.4, 0.5) is 10.2 Å². The smallest absolute Gasteiger partial charge is 0.243 e. The molecule has 1 aliphatic heterocycles. The van der Waals surface area contributed by atoms with Crippen molar-refractivity contribution in [1.29, 1.82) is 0 Å². The summed E-state index contributed by atoms with van der Waals surface area (Å²) in [7, 11) is -3.91. The predicted molar refractivity (Wildman–Crippen MR) is 114 cm³/mol. The van der Waals surface area contributed by atoms with Crippen molar-refractivity contribution in [3.05, 3.63) is 77.7 Å². The monoisotopic (exact) mass is 442 g/mol. The standard InChI is InChI=1S/C22H23FN4O3S/c1-16-14-21(26(25-16)15-17-6-3-2-4-7-17)24-22(28)20-8-5-13-27(20)31(29,30)19-11-9-18(23)10-12-19/h2-4,6-7,9-12,14,20H,5,8,13,15H2,1H3,(H,24,28). The first-order valence-electron chi connectivity index (χ1n) is 10.0. The van der Waals surface area contributed by atoms with E-state index in [1.807, 2.05) is 37.3 Å².